The van der Waals surface area contributed by atoms with Gasteiger partial charge in [-0.15, -0.1) is 0 Å². The normalized spacial score (nSPS) is 12.6. The van der Waals surface area contributed by atoms with E-state index in [-0.39, 0.29) is 0 Å². The van der Waals surface area contributed by atoms with E-state index in [9.17, 15) is 10.0 Å². The van der Waals surface area contributed by atoms with Crippen molar-refractivity contribution in [3.63, 3.8) is 0 Å². The molecule has 0 bridgehead atoms. The number of thioether (sulfide) groups is 1. The number of benzene rings is 1. The summed E-state index contributed by atoms with van der Waals surface area (Å²) in [6, 6.07) is 5.76. The summed E-state index contributed by atoms with van der Waals surface area (Å²) in [5.74, 6) is 1.86. The first-order valence-corrected chi connectivity index (χ1v) is 8.11. The zero-order valence-corrected chi connectivity index (χ0v) is 13.5. The van der Waals surface area contributed by atoms with Crippen molar-refractivity contribution in [3.8, 4) is 5.75 Å². The fourth-order valence-corrected chi connectivity index (χ4v) is 2.61. The molecule has 1 rings (SSSR count). The second-order valence-electron chi connectivity index (χ2n) is 4.98. The Labute approximate surface area is 126 Å². The molecule has 0 fully saturated rings. The maximum absolute atomic E-state index is 9.45. The van der Waals surface area contributed by atoms with Crippen LogP contribution >= 0.6 is 11.8 Å². The van der Waals surface area contributed by atoms with E-state index in [2.05, 4.69) is 25.1 Å². The average molecular weight is 297 g/mol. The quantitative estimate of drug-likeness (QED) is 0.700. The Morgan fingerprint density at radius 3 is 2.65 bits per heavy atom. The third-order valence-corrected chi connectivity index (χ3v) is 4.18. The molecule has 0 saturated carbocycles. The van der Waals surface area contributed by atoms with Crippen LogP contribution in [0.3, 0.4) is 0 Å². The van der Waals surface area contributed by atoms with Gasteiger partial charge in [-0.25, -0.2) is 0 Å². The van der Waals surface area contributed by atoms with E-state index in [4.69, 9.17) is 4.74 Å². The first kappa shape index (κ1) is 17.4. The number of rotatable bonds is 8. The molecule has 20 heavy (non-hydrogen) atoms. The molecule has 1 unspecified atom stereocenters. The van der Waals surface area contributed by atoms with E-state index in [1.54, 1.807) is 19.2 Å². The summed E-state index contributed by atoms with van der Waals surface area (Å²) in [7, 11) is 2.21. The fraction of sp³-hybridized carbons (Fsp3) is 0.571. The van der Waals surface area contributed by atoms with Crippen LogP contribution in [0, 0.1) is 0 Å². The van der Waals surface area contributed by atoms with E-state index in [1.807, 2.05) is 17.8 Å². The molecule has 112 valence electrons. The van der Waals surface area contributed by atoms with Gasteiger partial charge in [0.15, 0.2) is 0 Å². The minimum absolute atomic E-state index is 0.442. The van der Waals surface area contributed by atoms with Gasteiger partial charge in [0.2, 0.25) is 0 Å². The van der Waals surface area contributed by atoms with Gasteiger partial charge in [-0.2, -0.15) is 11.8 Å². The molecule has 0 amide bonds. The predicted molar refractivity (Wildman–Crippen MR) is 86.7 cm³/mol. The Hall–Kier alpha value is -0.685. The molecule has 0 radical (unpaired) electrons. The van der Waals surface area contributed by atoms with Gasteiger partial charge in [-0.3, -0.25) is 4.90 Å². The van der Waals surface area contributed by atoms with E-state index in [0.717, 1.165) is 23.5 Å². The van der Waals surface area contributed by atoms with Gasteiger partial charge in [0.25, 0.3) is 0 Å². The van der Waals surface area contributed by atoms with Crippen molar-refractivity contribution in [1.29, 1.82) is 0 Å². The lowest BCUT2D eigenvalue weighted by Crippen LogP contribution is -2.37. The first-order chi connectivity index (χ1) is 9.49. The number of ether oxygens (including phenoxy) is 1. The summed E-state index contributed by atoms with van der Waals surface area (Å²) in [4.78, 5) is 2.22. The fourth-order valence-electron chi connectivity index (χ4n) is 2.03. The average Bonchev–Trinajstić information content (AvgIpc) is 2.44. The highest BCUT2D eigenvalue weighted by molar-refractivity contribution is 7.98. The molecule has 1 aromatic carbocycles. The van der Waals surface area contributed by atoms with E-state index in [0.29, 0.717) is 18.0 Å². The zero-order valence-electron chi connectivity index (χ0n) is 12.7. The molecule has 1 aromatic rings. The highest BCUT2D eigenvalue weighted by Gasteiger charge is 2.19. The minimum Gasteiger partial charge on any atom is -0.497 e. The Balaban J connectivity index is 2.83. The Bertz CT molecular complexity index is 417. The summed E-state index contributed by atoms with van der Waals surface area (Å²) in [6.07, 6.45) is 3.22. The third kappa shape index (κ3) is 5.02. The van der Waals surface area contributed by atoms with Crippen LogP contribution in [0.25, 0.3) is 0 Å². The van der Waals surface area contributed by atoms with Crippen LogP contribution in [0.5, 0.6) is 5.75 Å². The van der Waals surface area contributed by atoms with Crippen LogP contribution in [0.2, 0.25) is 0 Å². The lowest BCUT2D eigenvalue weighted by atomic mass is 9.77. The second-order valence-corrected chi connectivity index (χ2v) is 5.97. The van der Waals surface area contributed by atoms with Gasteiger partial charge < -0.3 is 14.8 Å². The van der Waals surface area contributed by atoms with Crippen molar-refractivity contribution < 1.29 is 14.8 Å². The third-order valence-electron chi connectivity index (χ3n) is 3.54. The molecule has 0 aliphatic rings. The highest BCUT2D eigenvalue weighted by atomic mass is 32.2. The van der Waals surface area contributed by atoms with Gasteiger partial charge in [0.05, 0.1) is 7.11 Å². The summed E-state index contributed by atoms with van der Waals surface area (Å²) < 4.78 is 5.21. The van der Waals surface area contributed by atoms with Crippen molar-refractivity contribution >= 4 is 24.3 Å². The minimum atomic E-state index is -1.45. The van der Waals surface area contributed by atoms with Crippen molar-refractivity contribution in [2.24, 2.45) is 0 Å². The van der Waals surface area contributed by atoms with Crippen LogP contribution in [0.1, 0.15) is 18.9 Å². The molecule has 0 spiro atoms. The van der Waals surface area contributed by atoms with Crippen LogP contribution in [0.4, 0.5) is 0 Å². The van der Waals surface area contributed by atoms with Gasteiger partial charge in [-0.1, -0.05) is 6.07 Å². The van der Waals surface area contributed by atoms with Crippen LogP contribution in [-0.2, 0) is 6.54 Å². The first-order valence-electron chi connectivity index (χ1n) is 6.71. The molecule has 2 N–H and O–H groups in total. The smallest absolute Gasteiger partial charge is 0.488 e. The SMILES string of the molecule is COc1ccc(B(O)O)c(CN(C)C(C)CCSC)c1. The van der Waals surface area contributed by atoms with Gasteiger partial charge in [0.1, 0.15) is 5.75 Å². The number of hydrogen-bond donors (Lipinski definition) is 2. The molecule has 6 heteroatoms. The van der Waals surface area contributed by atoms with Gasteiger partial charge in [0, 0.05) is 12.6 Å². The maximum Gasteiger partial charge on any atom is 0.488 e. The van der Waals surface area contributed by atoms with Crippen molar-refractivity contribution in [1.82, 2.24) is 4.90 Å². The molecule has 0 heterocycles. The van der Waals surface area contributed by atoms with Crippen molar-refractivity contribution in [3.05, 3.63) is 23.8 Å². The van der Waals surface area contributed by atoms with Crippen molar-refractivity contribution in [2.45, 2.75) is 25.9 Å². The van der Waals surface area contributed by atoms with Gasteiger partial charge >= 0.3 is 7.12 Å². The summed E-state index contributed by atoms with van der Waals surface area (Å²) in [5.41, 5.74) is 1.42. The van der Waals surface area contributed by atoms with E-state index < -0.39 is 7.12 Å². The Morgan fingerprint density at radius 2 is 2.10 bits per heavy atom. The van der Waals surface area contributed by atoms with Crippen LogP contribution in [-0.4, -0.2) is 54.3 Å². The molecule has 1 atom stereocenters. The Kier molecular flexibility index (Phi) is 7.44. The standard InChI is InChI=1S/C14H24BNO3S/c1-11(7-8-20-4)16(2)10-12-9-13(19-3)5-6-14(12)15(17)18/h5-6,9,11,17-18H,7-8,10H2,1-4H3. The molecule has 0 saturated heterocycles. The lowest BCUT2D eigenvalue weighted by Gasteiger charge is -2.25. The molecule has 0 aliphatic heterocycles. The van der Waals surface area contributed by atoms with Crippen molar-refractivity contribution in [2.75, 3.05) is 26.2 Å². The van der Waals surface area contributed by atoms with Crippen LogP contribution < -0.4 is 10.2 Å². The van der Waals surface area contributed by atoms with Gasteiger partial charge in [-0.05, 0) is 55.6 Å². The summed E-state index contributed by atoms with van der Waals surface area (Å²) >= 11 is 1.84. The molecular weight excluding hydrogens is 273 g/mol. The number of hydrogen-bond acceptors (Lipinski definition) is 5. The highest BCUT2D eigenvalue weighted by Crippen LogP contribution is 2.15. The van der Waals surface area contributed by atoms with E-state index in [1.165, 1.54) is 0 Å². The molecule has 0 aromatic heterocycles. The Morgan fingerprint density at radius 1 is 1.40 bits per heavy atom. The van der Waals surface area contributed by atoms with Crippen LogP contribution in [0.15, 0.2) is 18.2 Å². The number of methoxy groups -OCH3 is 1. The molecule has 4 nitrogen and oxygen atoms in total. The molecule has 0 aliphatic carbocycles. The predicted octanol–water partition coefficient (Wildman–Crippen LogP) is 0.948. The lowest BCUT2D eigenvalue weighted by molar-refractivity contribution is 0.245. The monoisotopic (exact) mass is 297 g/mol. The summed E-state index contributed by atoms with van der Waals surface area (Å²) in [6.45, 7) is 2.85. The number of nitrogens with zero attached hydrogens (tertiary/aromatic N) is 1. The second kappa shape index (κ2) is 8.57. The topological polar surface area (TPSA) is 52.9 Å². The largest absolute Gasteiger partial charge is 0.497 e. The zero-order chi connectivity index (χ0) is 15.1. The maximum atomic E-state index is 9.45. The summed E-state index contributed by atoms with van der Waals surface area (Å²) in [5, 5.41) is 18.9. The molecular formula is C14H24BNO3S. The van der Waals surface area contributed by atoms with E-state index >= 15 is 0 Å².